The second-order valence-corrected chi connectivity index (χ2v) is 8.61. The Labute approximate surface area is 224 Å². The van der Waals surface area contributed by atoms with Crippen molar-refractivity contribution in [2.75, 3.05) is 21.0 Å². The highest BCUT2D eigenvalue weighted by atomic mass is 16.7. The molecule has 12 heteroatoms. The van der Waals surface area contributed by atoms with E-state index in [0.717, 1.165) is 0 Å². The van der Waals surface area contributed by atoms with Gasteiger partial charge in [0.15, 0.2) is 0 Å². The van der Waals surface area contributed by atoms with E-state index in [1.807, 2.05) is 0 Å². The lowest BCUT2D eigenvalue weighted by molar-refractivity contribution is -0.137. The maximum Gasteiger partial charge on any atom is 0.337 e. The lowest BCUT2D eigenvalue weighted by atomic mass is 9.95. The first-order valence-electron chi connectivity index (χ1n) is 11.9. The summed E-state index contributed by atoms with van der Waals surface area (Å²) in [5, 5.41) is 10.6. The van der Waals surface area contributed by atoms with Gasteiger partial charge in [0.25, 0.3) is 0 Å². The number of esters is 2. The van der Waals surface area contributed by atoms with Crippen LogP contribution in [0.3, 0.4) is 0 Å². The Morgan fingerprint density at radius 2 is 1.08 bits per heavy atom. The van der Waals surface area contributed by atoms with Crippen LogP contribution in [0.25, 0.3) is 0 Å². The van der Waals surface area contributed by atoms with Gasteiger partial charge in [-0.1, -0.05) is 36.4 Å². The third-order valence-corrected chi connectivity index (χ3v) is 6.24. The van der Waals surface area contributed by atoms with Gasteiger partial charge in [-0.3, -0.25) is 0 Å². The number of ether oxygens (including phenoxy) is 4. The molecular weight excluding hydrogens is 508 g/mol. The van der Waals surface area contributed by atoms with Crippen LogP contribution in [0.1, 0.15) is 37.1 Å². The standard InChI is InChI=1S/C27H28N4O8/c1-14-20(24(32)36-3)22(30-26(34)28-14)16-9-5-7-11-18(16)38-13-39-19-12-8-6-10-17(19)23-21(25(33)37-4)15(2)29-27(35)31-23/h5-12,22-23H,13H2,1-4H3,(H2,28,30,34)(H2,29,31,35)/t22-,23-/m0/s1. The van der Waals surface area contributed by atoms with Crippen LogP contribution in [0.15, 0.2) is 71.1 Å². The highest BCUT2D eigenvalue weighted by molar-refractivity contribution is 5.96. The molecule has 0 fully saturated rings. The number of methoxy groups -OCH3 is 2. The number of rotatable bonds is 8. The Kier molecular flexibility index (Phi) is 8.04. The maximum atomic E-state index is 12.5. The van der Waals surface area contributed by atoms with Crippen LogP contribution in [-0.2, 0) is 19.1 Å². The molecule has 4 rings (SSSR count). The summed E-state index contributed by atoms with van der Waals surface area (Å²) in [7, 11) is 2.52. The van der Waals surface area contributed by atoms with E-state index in [0.29, 0.717) is 34.0 Å². The molecule has 0 aliphatic carbocycles. The Bertz CT molecular complexity index is 1280. The van der Waals surface area contributed by atoms with Crippen LogP contribution >= 0.6 is 0 Å². The SMILES string of the molecule is COC(=O)C1=C(C)NC(=O)N[C@H]1c1ccccc1OCOc1ccccc1[C@@H]1NC(=O)NC(C)=C1C(=O)OC. The zero-order valence-corrected chi connectivity index (χ0v) is 21.7. The number of carbonyl (C=O) groups is 4. The first kappa shape index (κ1) is 27.0. The number of amides is 4. The van der Waals surface area contributed by atoms with Crippen molar-refractivity contribution in [3.05, 3.63) is 82.2 Å². The third-order valence-electron chi connectivity index (χ3n) is 6.24. The van der Waals surface area contributed by atoms with Crippen molar-refractivity contribution >= 4 is 24.0 Å². The van der Waals surface area contributed by atoms with Gasteiger partial charge in [0.05, 0.1) is 37.4 Å². The molecule has 0 saturated heterocycles. The van der Waals surface area contributed by atoms with Crippen molar-refractivity contribution in [3.8, 4) is 11.5 Å². The van der Waals surface area contributed by atoms with Crippen molar-refractivity contribution in [2.24, 2.45) is 0 Å². The van der Waals surface area contributed by atoms with Crippen molar-refractivity contribution in [1.29, 1.82) is 0 Å². The second kappa shape index (κ2) is 11.6. The van der Waals surface area contributed by atoms with Crippen LogP contribution in [0, 0.1) is 0 Å². The molecule has 4 amide bonds. The molecule has 204 valence electrons. The topological polar surface area (TPSA) is 153 Å². The Morgan fingerprint density at radius 3 is 1.46 bits per heavy atom. The summed E-state index contributed by atoms with van der Waals surface area (Å²) in [6.45, 7) is 2.96. The quantitative estimate of drug-likeness (QED) is 0.297. The van der Waals surface area contributed by atoms with E-state index in [2.05, 4.69) is 21.3 Å². The van der Waals surface area contributed by atoms with E-state index in [4.69, 9.17) is 18.9 Å². The van der Waals surface area contributed by atoms with E-state index < -0.39 is 36.1 Å². The molecule has 12 nitrogen and oxygen atoms in total. The minimum absolute atomic E-state index is 0.235. The molecule has 2 aromatic rings. The van der Waals surface area contributed by atoms with Crippen LogP contribution < -0.4 is 30.7 Å². The van der Waals surface area contributed by atoms with E-state index in [9.17, 15) is 19.2 Å². The third kappa shape index (κ3) is 5.64. The van der Waals surface area contributed by atoms with Crippen molar-refractivity contribution in [3.63, 3.8) is 0 Å². The van der Waals surface area contributed by atoms with Crippen molar-refractivity contribution in [1.82, 2.24) is 21.3 Å². The zero-order chi connectivity index (χ0) is 28.1. The van der Waals surface area contributed by atoms with Gasteiger partial charge in [-0.2, -0.15) is 0 Å². The van der Waals surface area contributed by atoms with Crippen molar-refractivity contribution in [2.45, 2.75) is 25.9 Å². The second-order valence-electron chi connectivity index (χ2n) is 8.61. The molecule has 2 atom stereocenters. The first-order valence-corrected chi connectivity index (χ1v) is 11.9. The van der Waals surface area contributed by atoms with Gasteiger partial charge in [0, 0.05) is 22.5 Å². The summed E-state index contributed by atoms with van der Waals surface area (Å²) < 4.78 is 21.7. The van der Waals surface area contributed by atoms with E-state index in [-0.39, 0.29) is 17.9 Å². The van der Waals surface area contributed by atoms with Crippen LogP contribution in [0.2, 0.25) is 0 Å². The lowest BCUT2D eigenvalue weighted by Crippen LogP contribution is -2.45. The maximum absolute atomic E-state index is 12.5. The Hall–Kier alpha value is -5.00. The van der Waals surface area contributed by atoms with Crippen LogP contribution in [0.5, 0.6) is 11.5 Å². The normalized spacial score (nSPS) is 18.8. The molecule has 2 heterocycles. The number of urea groups is 2. The number of carbonyl (C=O) groups excluding carboxylic acids is 4. The van der Waals surface area contributed by atoms with Gasteiger partial charge >= 0.3 is 24.0 Å². The Morgan fingerprint density at radius 1 is 0.692 bits per heavy atom. The molecule has 2 aromatic carbocycles. The lowest BCUT2D eigenvalue weighted by Gasteiger charge is -2.29. The van der Waals surface area contributed by atoms with Gasteiger partial charge in [-0.05, 0) is 26.0 Å². The number of hydrogen-bond donors (Lipinski definition) is 4. The molecular formula is C27H28N4O8. The fourth-order valence-corrected chi connectivity index (χ4v) is 4.47. The summed E-state index contributed by atoms with van der Waals surface area (Å²) in [4.78, 5) is 49.4. The molecule has 0 bridgehead atoms. The summed E-state index contributed by atoms with van der Waals surface area (Å²) in [5.74, 6) is -0.479. The van der Waals surface area contributed by atoms with Crippen LogP contribution in [0.4, 0.5) is 9.59 Å². The summed E-state index contributed by atoms with van der Waals surface area (Å²) in [5.41, 5.74) is 2.23. The molecule has 0 radical (unpaired) electrons. The molecule has 4 N–H and O–H groups in total. The largest absolute Gasteiger partial charge is 0.466 e. The average molecular weight is 537 g/mol. The van der Waals surface area contributed by atoms with Gasteiger partial charge < -0.3 is 40.2 Å². The molecule has 0 spiro atoms. The highest BCUT2D eigenvalue weighted by Gasteiger charge is 2.35. The van der Waals surface area contributed by atoms with E-state index in [1.165, 1.54) is 14.2 Å². The number of hydrogen-bond acceptors (Lipinski definition) is 8. The summed E-state index contributed by atoms with van der Waals surface area (Å²) in [6.07, 6.45) is 0. The van der Waals surface area contributed by atoms with Crippen LogP contribution in [-0.4, -0.2) is 45.0 Å². The number of para-hydroxylation sites is 2. The van der Waals surface area contributed by atoms with Crippen molar-refractivity contribution < 1.29 is 38.1 Å². The molecule has 2 aliphatic rings. The van der Waals surface area contributed by atoms with E-state index >= 15 is 0 Å². The average Bonchev–Trinajstić information content (AvgIpc) is 2.92. The van der Waals surface area contributed by atoms with Gasteiger partial charge in [0.1, 0.15) is 11.5 Å². The Balaban J connectivity index is 1.59. The molecule has 0 unspecified atom stereocenters. The fraction of sp³-hybridized carbons (Fsp3) is 0.259. The molecule has 39 heavy (non-hydrogen) atoms. The predicted molar refractivity (Wildman–Crippen MR) is 137 cm³/mol. The molecule has 0 aromatic heterocycles. The zero-order valence-electron chi connectivity index (χ0n) is 21.7. The summed E-state index contributed by atoms with van der Waals surface area (Å²) in [6, 6.07) is 11.2. The molecule has 0 saturated carbocycles. The minimum Gasteiger partial charge on any atom is -0.466 e. The fourth-order valence-electron chi connectivity index (χ4n) is 4.47. The smallest absolute Gasteiger partial charge is 0.337 e. The monoisotopic (exact) mass is 536 g/mol. The highest BCUT2D eigenvalue weighted by Crippen LogP contribution is 2.35. The number of nitrogens with one attached hydrogen (secondary N) is 4. The molecule has 2 aliphatic heterocycles. The number of allylic oxidation sites excluding steroid dienone is 2. The summed E-state index contributed by atoms with van der Waals surface area (Å²) >= 11 is 0. The number of benzene rings is 2. The minimum atomic E-state index is -0.824. The van der Waals surface area contributed by atoms with E-state index in [1.54, 1.807) is 62.4 Å². The van der Waals surface area contributed by atoms with Gasteiger partial charge in [0.2, 0.25) is 6.79 Å². The van der Waals surface area contributed by atoms with Gasteiger partial charge in [-0.25, -0.2) is 19.2 Å². The van der Waals surface area contributed by atoms with Gasteiger partial charge in [-0.15, -0.1) is 0 Å². The first-order chi connectivity index (χ1) is 18.7. The predicted octanol–water partition coefficient (Wildman–Crippen LogP) is 2.70.